The molecule has 1 atom stereocenters. The van der Waals surface area contributed by atoms with Gasteiger partial charge in [-0.1, -0.05) is 6.08 Å². The normalized spacial score (nSPS) is 26.4. The zero-order valence-electron chi connectivity index (χ0n) is 6.69. The van der Waals surface area contributed by atoms with Gasteiger partial charge in [0.05, 0.1) is 5.70 Å². The van der Waals surface area contributed by atoms with E-state index in [2.05, 4.69) is 9.98 Å². The molecule has 0 fully saturated rings. The topological polar surface area (TPSA) is 41.8 Å². The lowest BCUT2D eigenvalue weighted by atomic mass is 9.99. The van der Waals surface area contributed by atoms with E-state index in [0.717, 1.165) is 11.4 Å². The SMILES string of the molecule is CC1=NC2=CC=NC(=O)C2C=C1. The summed E-state index contributed by atoms with van der Waals surface area (Å²) in [7, 11) is 0. The highest BCUT2D eigenvalue weighted by Crippen LogP contribution is 2.22. The first-order chi connectivity index (χ1) is 5.77. The van der Waals surface area contributed by atoms with Crippen LogP contribution in [0.2, 0.25) is 0 Å². The highest BCUT2D eigenvalue weighted by atomic mass is 16.1. The summed E-state index contributed by atoms with van der Waals surface area (Å²) in [6.45, 7) is 1.91. The summed E-state index contributed by atoms with van der Waals surface area (Å²) in [6, 6.07) is 0. The second-order valence-electron chi connectivity index (χ2n) is 2.80. The summed E-state index contributed by atoms with van der Waals surface area (Å²) >= 11 is 0. The Morgan fingerprint density at radius 1 is 1.50 bits per heavy atom. The maximum Gasteiger partial charge on any atom is 0.258 e. The molecule has 0 N–H and O–H groups in total. The van der Waals surface area contributed by atoms with E-state index in [9.17, 15) is 4.79 Å². The largest absolute Gasteiger partial charge is 0.271 e. The fourth-order valence-corrected chi connectivity index (χ4v) is 1.26. The first-order valence-corrected chi connectivity index (χ1v) is 3.79. The van der Waals surface area contributed by atoms with Crippen molar-refractivity contribution in [3.63, 3.8) is 0 Å². The van der Waals surface area contributed by atoms with Gasteiger partial charge in [-0.15, -0.1) is 0 Å². The molecule has 1 unspecified atom stereocenters. The Balaban J connectivity index is 2.43. The van der Waals surface area contributed by atoms with Crippen LogP contribution >= 0.6 is 0 Å². The zero-order valence-corrected chi connectivity index (χ0v) is 6.69. The molecule has 12 heavy (non-hydrogen) atoms. The molecule has 0 saturated carbocycles. The molecule has 0 aromatic heterocycles. The lowest BCUT2D eigenvalue weighted by molar-refractivity contribution is -0.119. The van der Waals surface area contributed by atoms with Crippen LogP contribution in [0.15, 0.2) is 33.9 Å². The van der Waals surface area contributed by atoms with Crippen LogP contribution in [0.1, 0.15) is 6.92 Å². The second kappa shape index (κ2) is 2.52. The van der Waals surface area contributed by atoms with Gasteiger partial charge in [0.1, 0.15) is 5.92 Å². The van der Waals surface area contributed by atoms with E-state index in [-0.39, 0.29) is 11.8 Å². The number of allylic oxidation sites excluding steroid dienone is 2. The third-order valence-corrected chi connectivity index (χ3v) is 1.87. The van der Waals surface area contributed by atoms with Crippen LogP contribution in [-0.2, 0) is 4.79 Å². The van der Waals surface area contributed by atoms with Crippen molar-refractivity contribution in [1.29, 1.82) is 0 Å². The summed E-state index contributed by atoms with van der Waals surface area (Å²) in [5, 5.41) is 0. The molecular formula is C9H8N2O. The van der Waals surface area contributed by atoms with Gasteiger partial charge >= 0.3 is 0 Å². The van der Waals surface area contributed by atoms with Crippen LogP contribution in [0.3, 0.4) is 0 Å². The first-order valence-electron chi connectivity index (χ1n) is 3.79. The second-order valence-corrected chi connectivity index (χ2v) is 2.80. The van der Waals surface area contributed by atoms with Crippen LogP contribution in [0.4, 0.5) is 0 Å². The van der Waals surface area contributed by atoms with Gasteiger partial charge in [-0.25, -0.2) is 4.99 Å². The minimum absolute atomic E-state index is 0.125. The monoisotopic (exact) mass is 160 g/mol. The lowest BCUT2D eigenvalue weighted by Crippen LogP contribution is -2.18. The fraction of sp³-hybridized carbons (Fsp3) is 0.222. The molecule has 0 spiro atoms. The van der Waals surface area contributed by atoms with Gasteiger partial charge in [0.25, 0.3) is 5.91 Å². The molecule has 3 nitrogen and oxygen atoms in total. The molecule has 1 amide bonds. The third-order valence-electron chi connectivity index (χ3n) is 1.87. The van der Waals surface area contributed by atoms with Crippen LogP contribution in [0.5, 0.6) is 0 Å². The van der Waals surface area contributed by atoms with E-state index in [1.54, 1.807) is 6.08 Å². The van der Waals surface area contributed by atoms with Crippen molar-refractivity contribution in [3.05, 3.63) is 23.9 Å². The van der Waals surface area contributed by atoms with Gasteiger partial charge in [-0.2, -0.15) is 0 Å². The Morgan fingerprint density at radius 3 is 3.17 bits per heavy atom. The summed E-state index contributed by atoms with van der Waals surface area (Å²) in [5.41, 5.74) is 1.73. The highest BCUT2D eigenvalue weighted by Gasteiger charge is 2.23. The molecule has 0 aliphatic carbocycles. The Morgan fingerprint density at radius 2 is 2.33 bits per heavy atom. The Bertz CT molecular complexity index is 348. The Labute approximate surface area is 70.2 Å². The van der Waals surface area contributed by atoms with E-state index < -0.39 is 0 Å². The van der Waals surface area contributed by atoms with Crippen LogP contribution in [0, 0.1) is 5.92 Å². The Hall–Kier alpha value is -1.51. The average Bonchev–Trinajstić information content (AvgIpc) is 2.04. The number of carbonyl (C=O) groups is 1. The van der Waals surface area contributed by atoms with Gasteiger partial charge in [-0.05, 0) is 19.1 Å². The van der Waals surface area contributed by atoms with Crippen LogP contribution in [0.25, 0.3) is 0 Å². The standard InChI is InChI=1S/C9H8N2O/c1-6-2-3-7-8(11-6)4-5-10-9(7)12/h2-5,7H,1H3. The number of hydrogen-bond donors (Lipinski definition) is 0. The maximum absolute atomic E-state index is 11.2. The summed E-state index contributed by atoms with van der Waals surface area (Å²) in [4.78, 5) is 19.1. The van der Waals surface area contributed by atoms with Gasteiger partial charge in [0, 0.05) is 11.9 Å². The van der Waals surface area contributed by atoms with E-state index in [1.807, 2.05) is 19.1 Å². The predicted molar refractivity (Wildman–Crippen MR) is 47.3 cm³/mol. The van der Waals surface area contributed by atoms with Gasteiger partial charge < -0.3 is 0 Å². The van der Waals surface area contributed by atoms with Gasteiger partial charge in [-0.3, -0.25) is 9.79 Å². The van der Waals surface area contributed by atoms with E-state index >= 15 is 0 Å². The van der Waals surface area contributed by atoms with Crippen LogP contribution in [-0.4, -0.2) is 17.8 Å². The molecule has 0 aromatic rings. The average molecular weight is 160 g/mol. The summed E-state index contributed by atoms with van der Waals surface area (Å²) in [5.74, 6) is -0.362. The number of nitrogens with zero attached hydrogens (tertiary/aromatic N) is 2. The quantitative estimate of drug-likeness (QED) is 0.523. The maximum atomic E-state index is 11.2. The molecule has 2 rings (SSSR count). The van der Waals surface area contributed by atoms with E-state index in [0.29, 0.717) is 0 Å². The molecule has 0 bridgehead atoms. The number of hydrogen-bond acceptors (Lipinski definition) is 2. The highest BCUT2D eigenvalue weighted by molar-refractivity contribution is 6.02. The molecule has 2 aliphatic rings. The van der Waals surface area contributed by atoms with Crippen molar-refractivity contribution >= 4 is 17.8 Å². The van der Waals surface area contributed by atoms with Crippen molar-refractivity contribution in [2.45, 2.75) is 6.92 Å². The fourth-order valence-electron chi connectivity index (χ4n) is 1.26. The van der Waals surface area contributed by atoms with Crippen molar-refractivity contribution < 1.29 is 4.79 Å². The van der Waals surface area contributed by atoms with Crippen molar-refractivity contribution in [2.75, 3.05) is 0 Å². The summed E-state index contributed by atoms with van der Waals surface area (Å²) in [6.07, 6.45) is 6.97. The molecule has 0 aromatic carbocycles. The minimum atomic E-state index is -0.237. The molecule has 60 valence electrons. The van der Waals surface area contributed by atoms with Gasteiger partial charge in [0.2, 0.25) is 0 Å². The molecule has 2 aliphatic heterocycles. The van der Waals surface area contributed by atoms with E-state index in [1.165, 1.54) is 6.21 Å². The first kappa shape index (κ1) is 7.16. The minimum Gasteiger partial charge on any atom is -0.271 e. The van der Waals surface area contributed by atoms with Crippen LogP contribution < -0.4 is 0 Å². The van der Waals surface area contributed by atoms with Gasteiger partial charge in [0.15, 0.2) is 0 Å². The van der Waals surface area contributed by atoms with Crippen molar-refractivity contribution in [2.24, 2.45) is 15.9 Å². The molecule has 3 heteroatoms. The predicted octanol–water partition coefficient (Wildman–Crippen LogP) is 1.13. The molecular weight excluding hydrogens is 152 g/mol. The Kier molecular flexibility index (Phi) is 1.50. The number of dihydropyridines is 2. The molecule has 0 radical (unpaired) electrons. The van der Waals surface area contributed by atoms with E-state index in [4.69, 9.17) is 0 Å². The lowest BCUT2D eigenvalue weighted by Gasteiger charge is -2.15. The van der Waals surface area contributed by atoms with Crippen molar-refractivity contribution in [3.8, 4) is 0 Å². The smallest absolute Gasteiger partial charge is 0.258 e. The zero-order chi connectivity index (χ0) is 8.55. The number of fused-ring (bicyclic) bond motifs is 1. The molecule has 0 saturated heterocycles. The number of aliphatic imine (C=N–C) groups is 2. The molecule has 2 heterocycles. The third kappa shape index (κ3) is 1.03. The summed E-state index contributed by atoms with van der Waals surface area (Å²) < 4.78 is 0. The number of rotatable bonds is 0. The van der Waals surface area contributed by atoms with Crippen molar-refractivity contribution in [1.82, 2.24) is 0 Å². The number of amides is 1. The number of carbonyl (C=O) groups excluding carboxylic acids is 1.